The molecule has 3 heterocycles. The van der Waals surface area contributed by atoms with Crippen LogP contribution in [-0.2, 0) is 20.6 Å². The highest BCUT2D eigenvalue weighted by Crippen LogP contribution is 2.36. The molecule has 0 bridgehead atoms. The van der Waals surface area contributed by atoms with E-state index in [1.807, 2.05) is 115 Å². The molecule has 20 aromatic rings. The molecule has 0 N–H and O–H groups in total. The monoisotopic (exact) mass is 1620 g/mol. The molecule has 0 aliphatic rings. The van der Waals surface area contributed by atoms with Crippen LogP contribution in [0.1, 0.15) is 32.6 Å². The average molecular weight is 1620 g/mol. The fourth-order valence-corrected chi connectivity index (χ4v) is 15.2. The minimum atomic E-state index is 0.901. The lowest BCUT2D eigenvalue weighted by atomic mass is 10.1. The Morgan fingerprint density at radius 1 is 0.280 bits per heavy atom. The first kappa shape index (κ1) is 84.0. The van der Waals surface area contributed by atoms with Gasteiger partial charge in [-0.25, -0.2) is 0 Å². The zero-order chi connectivity index (χ0) is 81.6. The van der Waals surface area contributed by atoms with Crippen LogP contribution in [0, 0.1) is 0 Å². The van der Waals surface area contributed by atoms with E-state index in [1.165, 1.54) is 140 Å². The summed E-state index contributed by atoms with van der Waals surface area (Å²) in [5.74, 6) is 0.901. The number of nitrogens with zero attached hydrogens (tertiary/aromatic N) is 5. The van der Waals surface area contributed by atoms with Crippen molar-refractivity contribution in [2.45, 2.75) is 48.9 Å². The lowest BCUT2D eigenvalue weighted by Gasteiger charge is -2.25. The molecule has 0 radical (unpaired) electrons. The second-order valence-electron chi connectivity index (χ2n) is 27.9. The smallest absolute Gasteiger partial charge is 0.120 e. The summed E-state index contributed by atoms with van der Waals surface area (Å²) in [6, 6.07) is 161. The van der Waals surface area contributed by atoms with Crippen molar-refractivity contribution in [3.05, 3.63) is 472 Å². The molecule has 3 aromatic heterocycles. The van der Waals surface area contributed by atoms with Crippen molar-refractivity contribution in [2.24, 2.45) is 14.1 Å². The Bertz CT molecular complexity index is 5860. The van der Waals surface area contributed by atoms with E-state index in [0.717, 1.165) is 16.8 Å². The fourth-order valence-electron chi connectivity index (χ4n) is 14.0. The molecule has 0 spiro atoms. The summed E-state index contributed by atoms with van der Waals surface area (Å²) in [7, 11) is 7.98. The molecule has 0 saturated heterocycles. The van der Waals surface area contributed by atoms with E-state index in [2.05, 4.69) is 419 Å². The summed E-state index contributed by atoms with van der Waals surface area (Å²) in [6.07, 6.45) is 5.25. The fraction of sp³-hybridized carbons (Fsp3) is 0.0909. The molecule has 0 atom stereocenters. The molecule has 6 nitrogen and oxygen atoms in total. The minimum absolute atomic E-state index is 0.901. The normalized spacial score (nSPS) is 10.3. The maximum atomic E-state index is 5.26. The van der Waals surface area contributed by atoms with Crippen LogP contribution in [-0.4, -0.2) is 27.9 Å². The Kier molecular flexibility index (Phi) is 32.5. The quantitative estimate of drug-likeness (QED) is 0.108. The number of ether oxygens (including phenoxy) is 1. The van der Waals surface area contributed by atoms with Gasteiger partial charge < -0.3 is 28.2 Å². The van der Waals surface area contributed by atoms with Crippen LogP contribution in [0.15, 0.2) is 481 Å². The molecular weight excluding hydrogens is 1520 g/mol. The average Bonchev–Trinajstić information content (AvgIpc) is 1.63. The van der Waals surface area contributed by atoms with Crippen molar-refractivity contribution in [1.29, 1.82) is 0 Å². The van der Waals surface area contributed by atoms with Gasteiger partial charge in [0.15, 0.2) is 0 Å². The molecule has 8 heteroatoms. The van der Waals surface area contributed by atoms with Crippen LogP contribution in [0.25, 0.3) is 76.2 Å². The number of para-hydroxylation sites is 10. The van der Waals surface area contributed by atoms with Gasteiger partial charge in [0.05, 0.1) is 12.6 Å². The zero-order valence-corrected chi connectivity index (χ0v) is 70.3. The molecule has 0 unspecified atom stereocenters. The highest BCUT2D eigenvalue weighted by atomic mass is 79.9. The standard InChI is InChI=1S/C18H15N.C18H21N.C14H13NO.C13H11N.C13H13N.C12H10S.C10H8.C6H5Br.C6H6/c1-4-10-16(11-5-1)19(17-12-6-2-7-13-17)18-14-8-3-9-15-18;1-2-3-4-9-14-19-17-12-7-5-10-15(17)16-11-6-8-13-18(16)19;1-15-13-6-4-3-5-11(13)12-8-7-10(16-2)9-14(12)15;1-14-12-8-4-2-6-10(12)11-7-3-5-9-13(11)14;1-14(12-8-4-2-5-9-12)13-10-6-3-7-11-13;1-3-7-11(8-4-1)13-12-9-5-2-6-10-12;1-2-6-10-8-4-3-7-9(10)5-1;7-6-4-2-1-3-5-6;1-2-4-6-5-3-1/h1-15H;5-8,10-13H,2-4,9,14H2,1H3;3-9H,1-2H3;2-9H,1H3;2-11H,1H3;1-10H;1-8H;1-5H;1-6H. The van der Waals surface area contributed by atoms with Gasteiger partial charge in [-0.2, -0.15) is 0 Å². The maximum absolute atomic E-state index is 5.26. The third-order valence-corrected chi connectivity index (χ3v) is 21.5. The first-order chi connectivity index (χ1) is 58.2. The highest BCUT2D eigenvalue weighted by molar-refractivity contribution is 9.10. The number of fused-ring (bicyclic) bond motifs is 10. The van der Waals surface area contributed by atoms with Crippen molar-refractivity contribution in [1.82, 2.24) is 13.7 Å². The Labute approximate surface area is 709 Å². The van der Waals surface area contributed by atoms with Crippen LogP contribution in [0.4, 0.5) is 28.4 Å². The number of halogens is 1. The summed E-state index contributed by atoms with van der Waals surface area (Å²) in [5.41, 5.74) is 13.7. The van der Waals surface area contributed by atoms with Gasteiger partial charge in [0.1, 0.15) is 5.75 Å². The van der Waals surface area contributed by atoms with Crippen molar-refractivity contribution < 1.29 is 4.74 Å². The second-order valence-corrected chi connectivity index (χ2v) is 30.0. The number of unbranched alkanes of at least 4 members (excludes halogenated alkanes) is 3. The number of aromatic nitrogens is 3. The van der Waals surface area contributed by atoms with Crippen LogP contribution in [0.2, 0.25) is 0 Å². The lowest BCUT2D eigenvalue weighted by Crippen LogP contribution is -2.09. The summed E-state index contributed by atoms with van der Waals surface area (Å²) in [4.78, 5) is 6.99. The molecule has 118 heavy (non-hydrogen) atoms. The number of rotatable bonds is 13. The Morgan fingerprint density at radius 3 is 0.881 bits per heavy atom. The van der Waals surface area contributed by atoms with Gasteiger partial charge in [-0.05, 0) is 157 Å². The van der Waals surface area contributed by atoms with Gasteiger partial charge >= 0.3 is 0 Å². The summed E-state index contributed by atoms with van der Waals surface area (Å²) in [5, 5.41) is 10.6. The van der Waals surface area contributed by atoms with Crippen LogP contribution < -0.4 is 14.5 Å². The number of benzene rings is 17. The van der Waals surface area contributed by atoms with Gasteiger partial charge in [0, 0.05) is 136 Å². The SMILES string of the molecule is Brc1ccccc1.CCCCCCn1c2ccccc2c2ccccc21.CN(c1ccccc1)c1ccccc1.COc1ccc2c3ccccc3n(C)c2c1.Cn1c2ccccc2c2ccccc21.c1ccc(N(c2ccccc2)c2ccccc2)cc1.c1ccc(Sc2ccccc2)cc1.c1ccc2ccccc2c1.c1ccccc1. The van der Waals surface area contributed by atoms with Crippen LogP contribution in [0.3, 0.4) is 0 Å². The van der Waals surface area contributed by atoms with Crippen molar-refractivity contribution >= 4 is 132 Å². The van der Waals surface area contributed by atoms with E-state index in [4.69, 9.17) is 4.74 Å². The molecule has 586 valence electrons. The topological polar surface area (TPSA) is 30.5 Å². The molecule has 0 aliphatic heterocycles. The first-order valence-electron chi connectivity index (χ1n) is 40.3. The van der Waals surface area contributed by atoms with Gasteiger partial charge in [-0.15, -0.1) is 0 Å². The van der Waals surface area contributed by atoms with E-state index >= 15 is 0 Å². The maximum Gasteiger partial charge on any atom is 0.120 e. The van der Waals surface area contributed by atoms with Crippen molar-refractivity contribution in [3.8, 4) is 5.75 Å². The Balaban J connectivity index is 0.000000124. The molecular formula is C110H102BrN5OS. The summed E-state index contributed by atoms with van der Waals surface area (Å²) in [6.45, 7) is 3.40. The van der Waals surface area contributed by atoms with Gasteiger partial charge in [0.2, 0.25) is 0 Å². The zero-order valence-electron chi connectivity index (χ0n) is 67.9. The third-order valence-electron chi connectivity index (χ3n) is 20.0. The van der Waals surface area contributed by atoms with Crippen molar-refractivity contribution in [2.75, 3.05) is 24.0 Å². The first-order valence-corrected chi connectivity index (χ1v) is 42.0. The van der Waals surface area contributed by atoms with E-state index in [0.29, 0.717) is 0 Å². The lowest BCUT2D eigenvalue weighted by molar-refractivity contribution is 0.415. The van der Waals surface area contributed by atoms with E-state index in [-0.39, 0.29) is 0 Å². The van der Waals surface area contributed by atoms with Gasteiger partial charge in [0.25, 0.3) is 0 Å². The van der Waals surface area contributed by atoms with Crippen LogP contribution >= 0.6 is 27.7 Å². The number of hydrogen-bond donors (Lipinski definition) is 0. The minimum Gasteiger partial charge on any atom is -0.497 e. The molecule has 17 aromatic carbocycles. The number of hydrogen-bond acceptors (Lipinski definition) is 4. The Hall–Kier alpha value is -13.4. The van der Waals surface area contributed by atoms with E-state index in [9.17, 15) is 0 Å². The van der Waals surface area contributed by atoms with Crippen LogP contribution in [0.5, 0.6) is 5.75 Å². The number of anilines is 5. The van der Waals surface area contributed by atoms with E-state index in [1.54, 1.807) is 18.9 Å². The molecule has 0 fully saturated rings. The highest BCUT2D eigenvalue weighted by Gasteiger charge is 2.13. The number of methoxy groups -OCH3 is 1. The summed E-state index contributed by atoms with van der Waals surface area (Å²) < 4.78 is 13.3. The van der Waals surface area contributed by atoms with Gasteiger partial charge in [-0.3, -0.25) is 0 Å². The molecule has 0 saturated carbocycles. The van der Waals surface area contributed by atoms with Crippen molar-refractivity contribution in [3.63, 3.8) is 0 Å². The largest absolute Gasteiger partial charge is 0.497 e. The summed E-state index contributed by atoms with van der Waals surface area (Å²) >= 11 is 5.10. The predicted molar refractivity (Wildman–Crippen MR) is 515 cm³/mol. The third kappa shape index (κ3) is 23.9. The molecule has 0 aliphatic carbocycles. The Morgan fingerprint density at radius 2 is 0.551 bits per heavy atom. The predicted octanol–water partition coefficient (Wildman–Crippen LogP) is 31.5. The number of aryl methyl sites for hydroxylation is 3. The van der Waals surface area contributed by atoms with E-state index < -0.39 is 0 Å². The van der Waals surface area contributed by atoms with Gasteiger partial charge in [-0.1, -0.05) is 375 Å². The molecule has 20 rings (SSSR count). The second kappa shape index (κ2) is 45.7. The molecule has 0 amide bonds.